The molecule has 3 aromatic rings. The van der Waals surface area contributed by atoms with E-state index in [2.05, 4.69) is 29.4 Å². The zero-order valence-electron chi connectivity index (χ0n) is 13.6. The van der Waals surface area contributed by atoms with E-state index in [1.54, 1.807) is 12.3 Å². The lowest BCUT2D eigenvalue weighted by Crippen LogP contribution is -2.17. The Kier molecular flexibility index (Phi) is 6.10. The van der Waals surface area contributed by atoms with E-state index in [1.807, 2.05) is 53.5 Å². The summed E-state index contributed by atoms with van der Waals surface area (Å²) >= 11 is 12.1. The largest absolute Gasteiger partial charge is 0.288 e. The van der Waals surface area contributed by atoms with Gasteiger partial charge in [0.05, 0.1) is 19.3 Å². The fourth-order valence-corrected chi connectivity index (χ4v) is 3.07. The third-order valence-corrected chi connectivity index (χ3v) is 4.11. The summed E-state index contributed by atoms with van der Waals surface area (Å²) in [6.07, 6.45) is 1.80. The summed E-state index contributed by atoms with van der Waals surface area (Å²) in [4.78, 5) is 0. The van der Waals surface area contributed by atoms with Gasteiger partial charge in [-0.05, 0) is 34.9 Å². The Labute approximate surface area is 158 Å². The maximum Gasteiger partial charge on any atom is 0.0614 e. The van der Waals surface area contributed by atoms with Crippen molar-refractivity contribution in [2.24, 2.45) is 5.10 Å². The molecular formula is C21H18Cl2N2. The summed E-state index contributed by atoms with van der Waals surface area (Å²) in [6, 6.07) is 26.0. The smallest absolute Gasteiger partial charge is 0.0614 e. The quantitative estimate of drug-likeness (QED) is 0.383. The van der Waals surface area contributed by atoms with E-state index in [0.29, 0.717) is 10.0 Å². The lowest BCUT2D eigenvalue weighted by atomic mass is 10.2. The standard InChI is InChI=1S/C21H18Cl2N2/c22-20-11-19(12-21(23)13-20)14-24-25(15-17-7-3-1-4-8-17)16-18-9-5-2-6-10-18/h1-14H,15-16H2/b24-14-. The van der Waals surface area contributed by atoms with Crippen molar-refractivity contribution in [3.05, 3.63) is 106 Å². The Hall–Kier alpha value is -2.29. The maximum absolute atomic E-state index is 6.07. The van der Waals surface area contributed by atoms with Crippen LogP contribution < -0.4 is 0 Å². The van der Waals surface area contributed by atoms with Crippen LogP contribution in [0.15, 0.2) is 84.0 Å². The molecule has 0 heterocycles. The Bertz CT molecular complexity index is 771. The van der Waals surface area contributed by atoms with Crippen molar-refractivity contribution in [2.75, 3.05) is 0 Å². The topological polar surface area (TPSA) is 15.6 Å². The average Bonchev–Trinajstić information content (AvgIpc) is 2.61. The van der Waals surface area contributed by atoms with Gasteiger partial charge in [-0.25, -0.2) is 0 Å². The molecule has 0 radical (unpaired) electrons. The first-order valence-corrected chi connectivity index (χ1v) is 8.77. The molecule has 0 aromatic heterocycles. The summed E-state index contributed by atoms with van der Waals surface area (Å²) < 4.78 is 0. The molecule has 2 nitrogen and oxygen atoms in total. The second-order valence-corrected chi connectivity index (χ2v) is 6.61. The second kappa shape index (κ2) is 8.70. The van der Waals surface area contributed by atoms with Crippen LogP contribution in [0.4, 0.5) is 0 Å². The molecule has 3 aromatic carbocycles. The zero-order valence-corrected chi connectivity index (χ0v) is 15.2. The predicted molar refractivity (Wildman–Crippen MR) is 106 cm³/mol. The van der Waals surface area contributed by atoms with E-state index in [1.165, 1.54) is 11.1 Å². The van der Waals surface area contributed by atoms with Gasteiger partial charge in [0.15, 0.2) is 0 Å². The number of hydrogen-bond acceptors (Lipinski definition) is 2. The van der Waals surface area contributed by atoms with Crippen LogP contribution in [0.5, 0.6) is 0 Å². The van der Waals surface area contributed by atoms with Gasteiger partial charge in [0.2, 0.25) is 0 Å². The van der Waals surface area contributed by atoms with Gasteiger partial charge in [0.25, 0.3) is 0 Å². The summed E-state index contributed by atoms with van der Waals surface area (Å²) in [5.41, 5.74) is 3.29. The summed E-state index contributed by atoms with van der Waals surface area (Å²) in [7, 11) is 0. The Morgan fingerprint density at radius 1 is 0.720 bits per heavy atom. The van der Waals surface area contributed by atoms with Gasteiger partial charge in [-0.15, -0.1) is 0 Å². The van der Waals surface area contributed by atoms with Crippen LogP contribution in [0.2, 0.25) is 10.0 Å². The van der Waals surface area contributed by atoms with E-state index >= 15 is 0 Å². The van der Waals surface area contributed by atoms with Crippen molar-refractivity contribution in [1.29, 1.82) is 0 Å². The molecule has 0 aliphatic rings. The van der Waals surface area contributed by atoms with E-state index in [0.717, 1.165) is 18.7 Å². The van der Waals surface area contributed by atoms with Crippen molar-refractivity contribution >= 4 is 29.4 Å². The number of benzene rings is 3. The predicted octanol–water partition coefficient (Wildman–Crippen LogP) is 6.03. The van der Waals surface area contributed by atoms with E-state index in [4.69, 9.17) is 23.2 Å². The van der Waals surface area contributed by atoms with Crippen LogP contribution >= 0.6 is 23.2 Å². The van der Waals surface area contributed by atoms with Gasteiger partial charge < -0.3 is 0 Å². The molecule has 0 aliphatic heterocycles. The molecule has 126 valence electrons. The van der Waals surface area contributed by atoms with Gasteiger partial charge in [-0.2, -0.15) is 5.10 Å². The molecule has 0 fully saturated rings. The van der Waals surface area contributed by atoms with Crippen LogP contribution in [0.25, 0.3) is 0 Å². The number of rotatable bonds is 6. The van der Waals surface area contributed by atoms with Gasteiger partial charge in [0, 0.05) is 10.0 Å². The molecule has 0 spiro atoms. The second-order valence-electron chi connectivity index (χ2n) is 5.74. The Morgan fingerprint density at radius 2 is 1.20 bits per heavy atom. The van der Waals surface area contributed by atoms with E-state index < -0.39 is 0 Å². The summed E-state index contributed by atoms with van der Waals surface area (Å²) in [5, 5.41) is 7.89. The minimum Gasteiger partial charge on any atom is -0.288 e. The van der Waals surface area contributed by atoms with Crippen molar-refractivity contribution in [1.82, 2.24) is 5.01 Å². The molecule has 3 rings (SSSR count). The van der Waals surface area contributed by atoms with Gasteiger partial charge in [0.1, 0.15) is 0 Å². The van der Waals surface area contributed by atoms with Crippen LogP contribution in [0.3, 0.4) is 0 Å². The maximum atomic E-state index is 6.07. The minimum absolute atomic E-state index is 0.603. The first-order valence-electron chi connectivity index (χ1n) is 8.02. The highest BCUT2D eigenvalue weighted by atomic mass is 35.5. The molecule has 0 amide bonds. The SMILES string of the molecule is Clc1cc(Cl)cc(/C=N\N(Cc2ccccc2)Cc2ccccc2)c1. The van der Waals surface area contributed by atoms with Crippen LogP contribution in [-0.2, 0) is 13.1 Å². The monoisotopic (exact) mass is 368 g/mol. The molecule has 0 unspecified atom stereocenters. The first-order chi connectivity index (χ1) is 12.2. The summed E-state index contributed by atoms with van der Waals surface area (Å²) in [5.74, 6) is 0. The third kappa shape index (κ3) is 5.63. The average molecular weight is 369 g/mol. The highest BCUT2D eigenvalue weighted by molar-refractivity contribution is 6.35. The number of nitrogens with zero attached hydrogens (tertiary/aromatic N) is 2. The van der Waals surface area contributed by atoms with Crippen molar-refractivity contribution < 1.29 is 0 Å². The molecule has 0 saturated heterocycles. The van der Waals surface area contributed by atoms with Gasteiger partial charge >= 0.3 is 0 Å². The summed E-state index contributed by atoms with van der Waals surface area (Å²) in [6.45, 7) is 1.45. The van der Waals surface area contributed by atoms with E-state index in [9.17, 15) is 0 Å². The molecule has 0 saturated carbocycles. The molecule has 0 aliphatic carbocycles. The Balaban J connectivity index is 1.80. The van der Waals surface area contributed by atoms with Crippen LogP contribution in [-0.4, -0.2) is 11.2 Å². The molecule has 0 N–H and O–H groups in total. The van der Waals surface area contributed by atoms with E-state index in [-0.39, 0.29) is 0 Å². The van der Waals surface area contributed by atoms with Gasteiger partial charge in [-0.3, -0.25) is 5.01 Å². The molecule has 4 heteroatoms. The number of hydrogen-bond donors (Lipinski definition) is 0. The molecule has 0 bridgehead atoms. The van der Waals surface area contributed by atoms with Crippen molar-refractivity contribution in [2.45, 2.75) is 13.1 Å². The third-order valence-electron chi connectivity index (χ3n) is 3.67. The van der Waals surface area contributed by atoms with Crippen LogP contribution in [0.1, 0.15) is 16.7 Å². The first kappa shape index (κ1) is 17.5. The minimum atomic E-state index is 0.603. The lowest BCUT2D eigenvalue weighted by molar-refractivity contribution is 0.272. The molecular weight excluding hydrogens is 351 g/mol. The molecule has 25 heavy (non-hydrogen) atoms. The van der Waals surface area contributed by atoms with Crippen molar-refractivity contribution in [3.63, 3.8) is 0 Å². The van der Waals surface area contributed by atoms with Crippen LogP contribution in [0, 0.1) is 0 Å². The Morgan fingerprint density at radius 3 is 1.68 bits per heavy atom. The van der Waals surface area contributed by atoms with Crippen molar-refractivity contribution in [3.8, 4) is 0 Å². The molecule has 0 atom stereocenters. The highest BCUT2D eigenvalue weighted by Gasteiger charge is 2.04. The fraction of sp³-hybridized carbons (Fsp3) is 0.0952. The number of halogens is 2. The zero-order chi connectivity index (χ0) is 17.5. The van der Waals surface area contributed by atoms with Gasteiger partial charge in [-0.1, -0.05) is 83.9 Å². The number of hydrazone groups is 1. The fourth-order valence-electron chi connectivity index (χ4n) is 2.52. The highest BCUT2D eigenvalue weighted by Crippen LogP contribution is 2.18. The lowest BCUT2D eigenvalue weighted by Gasteiger charge is -2.19. The normalized spacial score (nSPS) is 11.0.